The van der Waals surface area contributed by atoms with Crippen LogP contribution in [0.25, 0.3) is 0 Å². The van der Waals surface area contributed by atoms with Gasteiger partial charge in [0.25, 0.3) is 0 Å². The first kappa shape index (κ1) is 21.5. The first-order chi connectivity index (χ1) is 11.7. The van der Waals surface area contributed by atoms with Crippen LogP contribution in [0.4, 0.5) is 13.2 Å². The number of carboxylic acid groups (broad SMARTS) is 1. The van der Waals surface area contributed by atoms with Crippen molar-refractivity contribution in [2.75, 3.05) is 7.11 Å². The largest absolute Gasteiger partial charge is 0.490 e. The van der Waals surface area contributed by atoms with Gasteiger partial charge in [0.15, 0.2) is 0 Å². The molecule has 144 valence electrons. The van der Waals surface area contributed by atoms with Crippen molar-refractivity contribution in [2.24, 2.45) is 23.5 Å². The van der Waals surface area contributed by atoms with E-state index in [1.54, 1.807) is 0 Å². The van der Waals surface area contributed by atoms with Crippen molar-refractivity contribution in [3.05, 3.63) is 12.2 Å². The molecule has 0 saturated heterocycles. The maximum Gasteiger partial charge on any atom is 0.490 e. The van der Waals surface area contributed by atoms with Crippen molar-refractivity contribution in [1.29, 1.82) is 0 Å². The second kappa shape index (κ2) is 9.79. The lowest BCUT2D eigenvalue weighted by atomic mass is 9.83. The number of ether oxygens (including phenoxy) is 1. The lowest BCUT2D eigenvalue weighted by Crippen LogP contribution is -2.35. The monoisotopic (exact) mass is 365 g/mol. The third kappa shape index (κ3) is 7.05. The molecule has 0 heterocycles. The summed E-state index contributed by atoms with van der Waals surface area (Å²) < 4.78 is 36.3. The highest BCUT2D eigenvalue weighted by Gasteiger charge is 2.44. The van der Waals surface area contributed by atoms with E-state index < -0.39 is 12.1 Å². The fraction of sp³-hybridized carbons (Fsp3) is 0.765. The number of nitrogens with two attached hydrogens (primary N) is 1. The minimum atomic E-state index is -5.08. The number of allylic oxidation sites excluding steroid dienone is 2. The molecule has 3 N–H and O–H groups in total. The molecule has 0 aromatic carbocycles. The molecule has 0 aromatic heterocycles. The van der Waals surface area contributed by atoms with Gasteiger partial charge in [0, 0.05) is 12.5 Å². The Labute approximate surface area is 145 Å². The van der Waals surface area contributed by atoms with Gasteiger partial charge in [-0.2, -0.15) is 13.2 Å². The van der Waals surface area contributed by atoms with Crippen LogP contribution in [0.5, 0.6) is 0 Å². The van der Waals surface area contributed by atoms with Gasteiger partial charge in [0.2, 0.25) is 0 Å². The number of carbonyl (C=O) groups is 2. The standard InChI is InChI=1S/C15H25NO2.C2HF3O2/c1-18-14(17)7-5-3-2-4-6-13-11-8-9-12(10-11)15(13)16;3-2(4,5)1(6)7/h2,4,11-13,15H,3,5-10,16H2,1H3;(H,6,7)/b4-2-;/t11-,12+,13+,15+;/m0./s1. The molecular formula is C17H26F3NO4. The number of esters is 1. The zero-order valence-corrected chi connectivity index (χ0v) is 14.3. The van der Waals surface area contributed by atoms with Gasteiger partial charge in [-0.25, -0.2) is 4.79 Å². The van der Waals surface area contributed by atoms with Crippen molar-refractivity contribution in [3.63, 3.8) is 0 Å². The van der Waals surface area contributed by atoms with Gasteiger partial charge >= 0.3 is 18.1 Å². The molecule has 0 aliphatic heterocycles. The van der Waals surface area contributed by atoms with Gasteiger partial charge in [-0.15, -0.1) is 0 Å². The second-order valence-corrected chi connectivity index (χ2v) is 6.55. The molecule has 2 aliphatic carbocycles. The van der Waals surface area contributed by atoms with Crippen LogP contribution in [-0.4, -0.2) is 36.4 Å². The summed E-state index contributed by atoms with van der Waals surface area (Å²) in [6.45, 7) is 0. The lowest BCUT2D eigenvalue weighted by molar-refractivity contribution is -0.192. The Kier molecular flexibility index (Phi) is 8.41. The molecule has 2 fully saturated rings. The van der Waals surface area contributed by atoms with E-state index in [9.17, 15) is 18.0 Å². The van der Waals surface area contributed by atoms with E-state index in [1.165, 1.54) is 26.4 Å². The summed E-state index contributed by atoms with van der Waals surface area (Å²) >= 11 is 0. The third-order valence-electron chi connectivity index (χ3n) is 4.95. The predicted molar refractivity (Wildman–Crippen MR) is 85.6 cm³/mol. The Morgan fingerprint density at radius 3 is 2.32 bits per heavy atom. The topological polar surface area (TPSA) is 89.6 Å². The molecule has 0 amide bonds. The summed E-state index contributed by atoms with van der Waals surface area (Å²) in [7, 11) is 1.44. The van der Waals surface area contributed by atoms with Crippen molar-refractivity contribution in [3.8, 4) is 0 Å². The Morgan fingerprint density at radius 2 is 1.84 bits per heavy atom. The Morgan fingerprint density at radius 1 is 1.24 bits per heavy atom. The number of alkyl halides is 3. The van der Waals surface area contributed by atoms with Crippen LogP contribution in [0.3, 0.4) is 0 Å². The summed E-state index contributed by atoms with van der Waals surface area (Å²) in [5, 5.41) is 7.12. The zero-order chi connectivity index (χ0) is 19.0. The van der Waals surface area contributed by atoms with Gasteiger partial charge in [0.1, 0.15) is 0 Å². The van der Waals surface area contributed by atoms with Crippen LogP contribution >= 0.6 is 0 Å². The summed E-state index contributed by atoms with van der Waals surface area (Å²) in [5.41, 5.74) is 6.27. The zero-order valence-electron chi connectivity index (χ0n) is 14.3. The minimum Gasteiger partial charge on any atom is -0.475 e. The van der Waals surface area contributed by atoms with Gasteiger partial charge in [0.05, 0.1) is 7.11 Å². The molecule has 0 radical (unpaired) electrons. The third-order valence-corrected chi connectivity index (χ3v) is 4.95. The number of unbranched alkanes of at least 4 members (excludes halogenated alkanes) is 1. The Balaban J connectivity index is 0.000000381. The lowest BCUT2D eigenvalue weighted by Gasteiger charge is -2.27. The highest BCUT2D eigenvalue weighted by molar-refractivity contribution is 5.73. The van der Waals surface area contributed by atoms with E-state index in [0.29, 0.717) is 18.4 Å². The van der Waals surface area contributed by atoms with E-state index >= 15 is 0 Å². The molecule has 0 unspecified atom stereocenters. The van der Waals surface area contributed by atoms with Gasteiger partial charge < -0.3 is 15.6 Å². The molecule has 8 heteroatoms. The Bertz CT molecular complexity index is 477. The van der Waals surface area contributed by atoms with Crippen LogP contribution in [0.1, 0.15) is 44.9 Å². The molecule has 4 atom stereocenters. The van der Waals surface area contributed by atoms with Crippen molar-refractivity contribution >= 4 is 11.9 Å². The highest BCUT2D eigenvalue weighted by Crippen LogP contribution is 2.48. The predicted octanol–water partition coefficient (Wildman–Crippen LogP) is 3.28. The fourth-order valence-electron chi connectivity index (χ4n) is 3.64. The van der Waals surface area contributed by atoms with Crippen LogP contribution in [-0.2, 0) is 14.3 Å². The number of hydrogen-bond acceptors (Lipinski definition) is 4. The van der Waals surface area contributed by atoms with Crippen molar-refractivity contribution in [2.45, 2.75) is 57.2 Å². The fourth-order valence-corrected chi connectivity index (χ4v) is 3.64. The number of carboxylic acids is 1. The molecule has 25 heavy (non-hydrogen) atoms. The summed E-state index contributed by atoms with van der Waals surface area (Å²) in [4.78, 5) is 19.8. The maximum atomic E-state index is 10.9. The van der Waals surface area contributed by atoms with Crippen LogP contribution < -0.4 is 5.73 Å². The number of halogens is 3. The van der Waals surface area contributed by atoms with E-state index in [2.05, 4.69) is 16.9 Å². The Hall–Kier alpha value is -1.57. The molecule has 5 nitrogen and oxygen atoms in total. The number of aliphatic carboxylic acids is 1. The van der Waals surface area contributed by atoms with Gasteiger partial charge in [-0.3, -0.25) is 4.79 Å². The van der Waals surface area contributed by atoms with Crippen molar-refractivity contribution in [1.82, 2.24) is 0 Å². The number of fused-ring (bicyclic) bond motifs is 2. The smallest absolute Gasteiger partial charge is 0.475 e. The molecule has 2 rings (SSSR count). The molecule has 2 aliphatic rings. The van der Waals surface area contributed by atoms with Crippen molar-refractivity contribution < 1.29 is 32.6 Å². The van der Waals surface area contributed by atoms with Crippen LogP contribution in [0, 0.1) is 17.8 Å². The number of carbonyl (C=O) groups excluding carboxylic acids is 1. The average molecular weight is 365 g/mol. The molecule has 2 bridgehead atoms. The summed E-state index contributed by atoms with van der Waals surface area (Å²) in [5.74, 6) is -0.482. The van der Waals surface area contributed by atoms with E-state index in [1.807, 2.05) is 0 Å². The first-order valence-electron chi connectivity index (χ1n) is 8.44. The molecule has 0 aromatic rings. The van der Waals surface area contributed by atoms with E-state index in [0.717, 1.165) is 31.1 Å². The second-order valence-electron chi connectivity index (χ2n) is 6.55. The normalized spacial score (nSPS) is 27.9. The first-order valence-corrected chi connectivity index (χ1v) is 8.44. The number of methoxy groups -OCH3 is 1. The quantitative estimate of drug-likeness (QED) is 0.428. The molecule has 0 spiro atoms. The summed E-state index contributed by atoms with van der Waals surface area (Å²) in [6, 6.07) is 0.434. The molecular weight excluding hydrogens is 339 g/mol. The van der Waals surface area contributed by atoms with Gasteiger partial charge in [-0.1, -0.05) is 12.2 Å². The van der Waals surface area contributed by atoms with Crippen LogP contribution in [0.2, 0.25) is 0 Å². The van der Waals surface area contributed by atoms with E-state index in [-0.39, 0.29) is 5.97 Å². The average Bonchev–Trinajstić information content (AvgIpc) is 3.12. The van der Waals surface area contributed by atoms with Crippen LogP contribution in [0.15, 0.2) is 12.2 Å². The number of rotatable bonds is 6. The highest BCUT2D eigenvalue weighted by atomic mass is 19.4. The van der Waals surface area contributed by atoms with Gasteiger partial charge in [-0.05, 0) is 56.3 Å². The SMILES string of the molecule is COC(=O)CCC/C=C\C[C@@H]1[C@H]2CC[C@H](C2)[C@H]1N.O=C(O)C(F)(F)F. The maximum absolute atomic E-state index is 10.9. The minimum absolute atomic E-state index is 0.112. The molecule has 2 saturated carbocycles. The number of hydrogen-bond donors (Lipinski definition) is 2. The van der Waals surface area contributed by atoms with E-state index in [4.69, 9.17) is 15.6 Å². The summed E-state index contributed by atoms with van der Waals surface area (Å²) in [6.07, 6.45) is 6.97.